The van der Waals surface area contributed by atoms with Crippen LogP contribution in [0.1, 0.15) is 73.0 Å². The number of furan rings is 1. The first-order valence-corrected chi connectivity index (χ1v) is 7.85. The number of hydrogen-bond donors (Lipinski definition) is 1. The highest BCUT2D eigenvalue weighted by Gasteiger charge is 2.26. The van der Waals surface area contributed by atoms with Crippen LogP contribution in [0.3, 0.4) is 0 Å². The van der Waals surface area contributed by atoms with Gasteiger partial charge in [-0.2, -0.15) is 0 Å². The minimum Gasteiger partial charge on any atom is -0.459 e. The zero-order valence-corrected chi connectivity index (χ0v) is 13.2. The smallest absolute Gasteiger partial charge is 0.294 e. The van der Waals surface area contributed by atoms with Crippen molar-refractivity contribution in [3.8, 4) is 0 Å². The normalized spacial score (nSPS) is 14.4. The van der Waals surface area contributed by atoms with Crippen LogP contribution in [0.15, 0.2) is 22.8 Å². The Morgan fingerprint density at radius 3 is 2.82 bits per heavy atom. The Morgan fingerprint density at radius 1 is 1.41 bits per heavy atom. The molecule has 0 saturated heterocycles. The van der Waals surface area contributed by atoms with Gasteiger partial charge in [0.1, 0.15) is 0 Å². The molecule has 1 aliphatic rings. The van der Waals surface area contributed by atoms with Crippen LogP contribution < -0.4 is 5.32 Å². The van der Waals surface area contributed by atoms with E-state index in [-0.39, 0.29) is 11.8 Å². The van der Waals surface area contributed by atoms with E-state index in [0.717, 1.165) is 23.4 Å². The van der Waals surface area contributed by atoms with E-state index in [4.69, 9.17) is 4.42 Å². The number of hydrogen-bond acceptors (Lipinski definition) is 4. The van der Waals surface area contributed by atoms with Crippen LogP contribution >= 0.6 is 0 Å². The van der Waals surface area contributed by atoms with E-state index in [2.05, 4.69) is 15.3 Å². The number of aromatic nitrogens is 2. The molecule has 0 bridgehead atoms. The summed E-state index contributed by atoms with van der Waals surface area (Å²) in [6.45, 7) is 6.11. The molecule has 1 saturated carbocycles. The van der Waals surface area contributed by atoms with Crippen LogP contribution in [0, 0.1) is 0 Å². The monoisotopic (exact) mass is 299 g/mol. The SMILES string of the molecule is CCc1cc(C2CC2)nc(NC(=O)c2occc2C(C)C)n1. The Labute approximate surface area is 130 Å². The lowest BCUT2D eigenvalue weighted by Gasteiger charge is -2.08. The largest absolute Gasteiger partial charge is 0.459 e. The Balaban J connectivity index is 1.84. The molecule has 2 heterocycles. The van der Waals surface area contributed by atoms with Crippen LogP contribution in [0.4, 0.5) is 5.95 Å². The number of carbonyl (C=O) groups is 1. The summed E-state index contributed by atoms with van der Waals surface area (Å²) in [4.78, 5) is 21.3. The predicted molar refractivity (Wildman–Crippen MR) is 84.1 cm³/mol. The molecule has 2 aromatic rings. The van der Waals surface area contributed by atoms with E-state index in [9.17, 15) is 4.79 Å². The van der Waals surface area contributed by atoms with Crippen molar-refractivity contribution in [2.24, 2.45) is 0 Å². The van der Waals surface area contributed by atoms with Gasteiger partial charge in [0.05, 0.1) is 6.26 Å². The average molecular weight is 299 g/mol. The fourth-order valence-corrected chi connectivity index (χ4v) is 2.46. The van der Waals surface area contributed by atoms with Gasteiger partial charge in [-0.15, -0.1) is 0 Å². The Morgan fingerprint density at radius 2 is 2.18 bits per heavy atom. The third-order valence-corrected chi connectivity index (χ3v) is 3.91. The molecule has 1 aliphatic carbocycles. The zero-order valence-electron chi connectivity index (χ0n) is 13.2. The molecule has 1 N–H and O–H groups in total. The van der Waals surface area contributed by atoms with E-state index < -0.39 is 0 Å². The van der Waals surface area contributed by atoms with Crippen molar-refractivity contribution in [3.63, 3.8) is 0 Å². The summed E-state index contributed by atoms with van der Waals surface area (Å²) in [5.41, 5.74) is 2.88. The second-order valence-corrected chi connectivity index (χ2v) is 6.05. The number of nitrogens with one attached hydrogen (secondary N) is 1. The summed E-state index contributed by atoms with van der Waals surface area (Å²) >= 11 is 0. The Bertz CT molecular complexity index is 687. The van der Waals surface area contributed by atoms with Crippen molar-refractivity contribution in [3.05, 3.63) is 41.1 Å². The first-order valence-electron chi connectivity index (χ1n) is 7.85. The second-order valence-electron chi connectivity index (χ2n) is 6.05. The minimum absolute atomic E-state index is 0.226. The summed E-state index contributed by atoms with van der Waals surface area (Å²) in [6.07, 6.45) is 4.71. The van der Waals surface area contributed by atoms with Crippen molar-refractivity contribution in [2.45, 2.75) is 51.9 Å². The molecule has 3 rings (SSSR count). The van der Waals surface area contributed by atoms with Crippen molar-refractivity contribution in [1.82, 2.24) is 9.97 Å². The predicted octanol–water partition coefficient (Wildman–Crippen LogP) is 3.89. The third kappa shape index (κ3) is 3.03. The summed E-state index contributed by atoms with van der Waals surface area (Å²) in [5.74, 6) is 1.18. The molecule has 2 aromatic heterocycles. The van der Waals surface area contributed by atoms with Crippen LogP contribution in [-0.2, 0) is 6.42 Å². The molecule has 0 aliphatic heterocycles. The Kier molecular flexibility index (Phi) is 3.96. The van der Waals surface area contributed by atoms with Gasteiger partial charge in [-0.25, -0.2) is 9.97 Å². The molecule has 116 valence electrons. The standard InChI is InChI=1S/C17H21N3O2/c1-4-12-9-14(11-5-6-11)19-17(18-12)20-16(21)15-13(10(2)3)7-8-22-15/h7-11H,4-6H2,1-3H3,(H,18,19,20,21). The second kappa shape index (κ2) is 5.91. The van der Waals surface area contributed by atoms with Gasteiger partial charge >= 0.3 is 0 Å². The number of aryl methyl sites for hydroxylation is 1. The summed E-state index contributed by atoms with van der Waals surface area (Å²) < 4.78 is 5.34. The molecule has 1 amide bonds. The number of rotatable bonds is 5. The highest BCUT2D eigenvalue weighted by molar-refractivity contribution is 6.02. The first kappa shape index (κ1) is 14.8. The maximum Gasteiger partial charge on any atom is 0.294 e. The summed E-state index contributed by atoms with van der Waals surface area (Å²) in [6, 6.07) is 3.87. The van der Waals surface area contributed by atoms with Gasteiger partial charge in [0, 0.05) is 22.9 Å². The minimum atomic E-state index is -0.288. The Hall–Kier alpha value is -2.17. The van der Waals surface area contributed by atoms with E-state index >= 15 is 0 Å². The summed E-state index contributed by atoms with van der Waals surface area (Å²) in [7, 11) is 0. The number of anilines is 1. The quantitative estimate of drug-likeness (QED) is 0.909. The van der Waals surface area contributed by atoms with Crippen molar-refractivity contribution in [1.29, 1.82) is 0 Å². The number of carbonyl (C=O) groups excluding carboxylic acids is 1. The number of nitrogens with zero attached hydrogens (tertiary/aromatic N) is 2. The van der Waals surface area contributed by atoms with Crippen LogP contribution in [0.2, 0.25) is 0 Å². The van der Waals surface area contributed by atoms with Crippen molar-refractivity contribution < 1.29 is 9.21 Å². The van der Waals surface area contributed by atoms with E-state index in [1.807, 2.05) is 32.9 Å². The topological polar surface area (TPSA) is 68.0 Å². The fraction of sp³-hybridized carbons (Fsp3) is 0.471. The van der Waals surface area contributed by atoms with E-state index in [1.165, 1.54) is 12.8 Å². The first-order chi connectivity index (χ1) is 10.6. The van der Waals surface area contributed by atoms with Gasteiger partial charge in [-0.05, 0) is 37.3 Å². The van der Waals surface area contributed by atoms with Crippen molar-refractivity contribution in [2.75, 3.05) is 5.32 Å². The molecule has 1 fully saturated rings. The molecule has 5 nitrogen and oxygen atoms in total. The maximum absolute atomic E-state index is 12.4. The molecule has 0 spiro atoms. The van der Waals surface area contributed by atoms with Crippen molar-refractivity contribution >= 4 is 11.9 Å². The molecule has 0 aromatic carbocycles. The fourth-order valence-electron chi connectivity index (χ4n) is 2.46. The van der Waals surface area contributed by atoms with Gasteiger partial charge in [-0.3, -0.25) is 10.1 Å². The van der Waals surface area contributed by atoms with Gasteiger partial charge in [0.2, 0.25) is 5.95 Å². The molecule has 22 heavy (non-hydrogen) atoms. The average Bonchev–Trinajstić information content (AvgIpc) is 3.22. The molecule has 0 radical (unpaired) electrons. The number of amides is 1. The lowest BCUT2D eigenvalue weighted by molar-refractivity contribution is 0.0994. The third-order valence-electron chi connectivity index (χ3n) is 3.91. The van der Waals surface area contributed by atoms with Gasteiger partial charge in [0.15, 0.2) is 5.76 Å². The maximum atomic E-state index is 12.4. The molecular weight excluding hydrogens is 278 g/mol. The van der Waals surface area contributed by atoms with Crippen LogP contribution in [-0.4, -0.2) is 15.9 Å². The van der Waals surface area contributed by atoms with Gasteiger partial charge in [-0.1, -0.05) is 20.8 Å². The highest BCUT2D eigenvalue weighted by atomic mass is 16.3. The zero-order chi connectivity index (χ0) is 15.7. The molecule has 5 heteroatoms. The van der Waals surface area contributed by atoms with E-state index in [0.29, 0.717) is 17.6 Å². The van der Waals surface area contributed by atoms with Gasteiger partial charge < -0.3 is 4.42 Å². The highest BCUT2D eigenvalue weighted by Crippen LogP contribution is 2.39. The molecule has 0 atom stereocenters. The van der Waals surface area contributed by atoms with Crippen LogP contribution in [0.25, 0.3) is 0 Å². The molecule has 0 unspecified atom stereocenters. The van der Waals surface area contributed by atoms with Gasteiger partial charge in [0.25, 0.3) is 5.91 Å². The van der Waals surface area contributed by atoms with E-state index in [1.54, 1.807) is 6.26 Å². The lowest BCUT2D eigenvalue weighted by atomic mass is 10.0. The summed E-state index contributed by atoms with van der Waals surface area (Å²) in [5, 5.41) is 2.78. The molecular formula is C17H21N3O2. The van der Waals surface area contributed by atoms with Crippen LogP contribution in [0.5, 0.6) is 0 Å². The lowest BCUT2D eigenvalue weighted by Crippen LogP contribution is -2.16.